The molecule has 0 aliphatic carbocycles. The Morgan fingerprint density at radius 2 is 1.65 bits per heavy atom. The Balaban J connectivity index is 2.45. The highest BCUT2D eigenvalue weighted by Gasteiger charge is 2.12. The molecule has 1 aromatic heterocycles. The van der Waals surface area contributed by atoms with Crippen molar-refractivity contribution in [3.8, 4) is 0 Å². The summed E-state index contributed by atoms with van der Waals surface area (Å²) in [6.45, 7) is 7.76. The first-order valence-electron chi connectivity index (χ1n) is 6.25. The van der Waals surface area contributed by atoms with Gasteiger partial charge in [0.25, 0.3) is 0 Å². The molecule has 104 valence electrons. The normalized spacial score (nSPS) is 11.2. The second kappa shape index (κ2) is 5.50. The quantitative estimate of drug-likeness (QED) is 0.677. The van der Waals surface area contributed by atoms with Gasteiger partial charge in [-0.05, 0) is 51.0 Å². The summed E-state index contributed by atoms with van der Waals surface area (Å²) >= 11 is 4.95. The van der Waals surface area contributed by atoms with E-state index >= 15 is 0 Å². The van der Waals surface area contributed by atoms with Gasteiger partial charge in [-0.3, -0.25) is 0 Å². The third-order valence-electron chi connectivity index (χ3n) is 3.15. The molecular weight excluding hydrogens is 270 g/mol. The van der Waals surface area contributed by atoms with E-state index in [-0.39, 0.29) is 5.11 Å². The molecule has 0 saturated heterocycles. The summed E-state index contributed by atoms with van der Waals surface area (Å²) in [5.41, 5.74) is 10.9. The third-order valence-corrected chi connectivity index (χ3v) is 3.32. The van der Waals surface area contributed by atoms with Crippen LogP contribution in [0.15, 0.2) is 28.4 Å². The predicted molar refractivity (Wildman–Crippen MR) is 84.0 cm³/mol. The number of nitrogens with zero attached hydrogens (tertiary/aromatic N) is 4. The Hall–Kier alpha value is -2.08. The van der Waals surface area contributed by atoms with Crippen LogP contribution < -0.4 is 5.73 Å². The van der Waals surface area contributed by atoms with E-state index in [4.69, 9.17) is 18.0 Å². The molecule has 6 heteroatoms. The van der Waals surface area contributed by atoms with Crippen molar-refractivity contribution in [1.82, 2.24) is 9.78 Å². The molecule has 2 rings (SSSR count). The lowest BCUT2D eigenvalue weighted by Gasteiger charge is -2.02. The van der Waals surface area contributed by atoms with E-state index in [2.05, 4.69) is 15.3 Å². The topological polar surface area (TPSA) is 68.6 Å². The Kier molecular flexibility index (Phi) is 3.94. The Bertz CT molecular complexity index is 680. The molecule has 2 N–H and O–H groups in total. The molecule has 20 heavy (non-hydrogen) atoms. The number of nitrogens with two attached hydrogens (primary N) is 1. The molecule has 0 spiro atoms. The van der Waals surface area contributed by atoms with E-state index in [1.807, 2.05) is 45.9 Å². The Labute approximate surface area is 123 Å². The van der Waals surface area contributed by atoms with Gasteiger partial charge in [-0.15, -0.1) is 10.2 Å². The molecule has 2 aromatic rings. The molecule has 0 atom stereocenters. The van der Waals surface area contributed by atoms with Gasteiger partial charge in [0.15, 0.2) is 5.11 Å². The van der Waals surface area contributed by atoms with Crippen molar-refractivity contribution in [1.29, 1.82) is 0 Å². The highest BCUT2D eigenvalue weighted by atomic mass is 32.1. The molecule has 0 radical (unpaired) electrons. The molecule has 0 aliphatic heterocycles. The zero-order valence-electron chi connectivity index (χ0n) is 12.0. The average Bonchev–Trinajstić information content (AvgIpc) is 2.65. The summed E-state index contributed by atoms with van der Waals surface area (Å²) in [4.78, 5) is 0. The second-order valence-corrected chi connectivity index (χ2v) is 5.13. The van der Waals surface area contributed by atoms with E-state index < -0.39 is 0 Å². The van der Waals surface area contributed by atoms with Gasteiger partial charge in [0.1, 0.15) is 5.69 Å². The van der Waals surface area contributed by atoms with Crippen LogP contribution in [0.5, 0.6) is 0 Å². The number of benzene rings is 1. The first-order chi connectivity index (χ1) is 9.41. The van der Waals surface area contributed by atoms with Crippen LogP contribution in [0, 0.1) is 27.7 Å². The van der Waals surface area contributed by atoms with Crippen LogP contribution >= 0.6 is 12.2 Å². The van der Waals surface area contributed by atoms with Crippen molar-refractivity contribution in [2.24, 2.45) is 16.0 Å². The van der Waals surface area contributed by atoms with Crippen molar-refractivity contribution in [2.45, 2.75) is 27.7 Å². The summed E-state index contributed by atoms with van der Waals surface area (Å²) in [7, 11) is 0. The van der Waals surface area contributed by atoms with E-state index in [0.29, 0.717) is 5.69 Å². The molecular formula is C14H17N5S. The molecule has 0 unspecified atom stereocenters. The SMILES string of the molecule is Cc1cccc(C)c1N=Nc1c(C)nn(C(N)=S)c1C. The van der Waals surface area contributed by atoms with E-state index in [1.54, 1.807) is 0 Å². The van der Waals surface area contributed by atoms with Gasteiger partial charge in [0, 0.05) is 0 Å². The van der Waals surface area contributed by atoms with Crippen LogP contribution in [0.4, 0.5) is 11.4 Å². The minimum absolute atomic E-state index is 0.208. The van der Waals surface area contributed by atoms with E-state index in [9.17, 15) is 0 Å². The minimum atomic E-state index is 0.208. The molecule has 0 amide bonds. The number of hydrogen-bond donors (Lipinski definition) is 1. The lowest BCUT2D eigenvalue weighted by Crippen LogP contribution is -2.21. The summed E-state index contributed by atoms with van der Waals surface area (Å²) in [6, 6.07) is 6.03. The van der Waals surface area contributed by atoms with Crippen LogP contribution in [-0.4, -0.2) is 14.9 Å². The van der Waals surface area contributed by atoms with Crippen molar-refractivity contribution in [2.75, 3.05) is 0 Å². The van der Waals surface area contributed by atoms with Crippen LogP contribution in [0.2, 0.25) is 0 Å². The van der Waals surface area contributed by atoms with Gasteiger partial charge in [-0.2, -0.15) is 5.10 Å². The van der Waals surface area contributed by atoms with Gasteiger partial charge < -0.3 is 5.73 Å². The number of azo groups is 1. The number of hydrogen-bond acceptors (Lipinski definition) is 4. The zero-order valence-corrected chi connectivity index (χ0v) is 12.8. The number of rotatable bonds is 2. The summed E-state index contributed by atoms with van der Waals surface area (Å²) in [5.74, 6) is 0. The summed E-state index contributed by atoms with van der Waals surface area (Å²) in [5, 5.41) is 13.2. The Morgan fingerprint density at radius 1 is 1.10 bits per heavy atom. The largest absolute Gasteiger partial charge is 0.374 e. The van der Waals surface area contributed by atoms with Crippen molar-refractivity contribution < 1.29 is 0 Å². The highest BCUT2D eigenvalue weighted by molar-refractivity contribution is 7.80. The monoisotopic (exact) mass is 287 g/mol. The van der Waals surface area contributed by atoms with Crippen LogP contribution in [0.25, 0.3) is 0 Å². The summed E-state index contributed by atoms with van der Waals surface area (Å²) in [6.07, 6.45) is 0. The van der Waals surface area contributed by atoms with Crippen LogP contribution in [0.1, 0.15) is 22.5 Å². The van der Waals surface area contributed by atoms with Crippen LogP contribution in [0.3, 0.4) is 0 Å². The number of aryl methyl sites for hydroxylation is 3. The first kappa shape index (κ1) is 14.3. The fourth-order valence-electron chi connectivity index (χ4n) is 2.06. The molecule has 5 nitrogen and oxygen atoms in total. The Morgan fingerprint density at radius 3 is 2.15 bits per heavy atom. The lowest BCUT2D eigenvalue weighted by atomic mass is 10.1. The number of aromatic nitrogens is 2. The van der Waals surface area contributed by atoms with Crippen molar-refractivity contribution in [3.05, 3.63) is 40.7 Å². The standard InChI is InChI=1S/C14H17N5S/c1-8-6-5-7-9(2)12(8)16-17-13-10(3)18-19(11(13)4)14(15)20/h5-7H,1-4H3,(H2,15,20). The lowest BCUT2D eigenvalue weighted by molar-refractivity contribution is 0.886. The van der Waals surface area contributed by atoms with E-state index in [1.165, 1.54) is 4.68 Å². The molecule has 0 fully saturated rings. The molecule has 1 aromatic carbocycles. The van der Waals surface area contributed by atoms with Crippen molar-refractivity contribution in [3.63, 3.8) is 0 Å². The highest BCUT2D eigenvalue weighted by Crippen LogP contribution is 2.28. The predicted octanol–water partition coefficient (Wildman–Crippen LogP) is 3.62. The maximum atomic E-state index is 5.61. The minimum Gasteiger partial charge on any atom is -0.374 e. The van der Waals surface area contributed by atoms with Gasteiger partial charge >= 0.3 is 0 Å². The molecule has 0 aliphatic rings. The van der Waals surface area contributed by atoms with Gasteiger partial charge in [0.05, 0.1) is 17.1 Å². The fourth-order valence-corrected chi connectivity index (χ4v) is 2.23. The molecule has 0 bridgehead atoms. The fraction of sp³-hybridized carbons (Fsp3) is 0.286. The smallest absolute Gasteiger partial charge is 0.191 e. The van der Waals surface area contributed by atoms with Crippen molar-refractivity contribution >= 4 is 28.7 Å². The third kappa shape index (κ3) is 2.60. The summed E-state index contributed by atoms with van der Waals surface area (Å²) < 4.78 is 1.50. The van der Waals surface area contributed by atoms with Gasteiger partial charge in [-0.25, -0.2) is 4.68 Å². The molecule has 0 saturated carbocycles. The first-order valence-corrected chi connectivity index (χ1v) is 6.66. The van der Waals surface area contributed by atoms with E-state index in [0.717, 1.165) is 28.2 Å². The van der Waals surface area contributed by atoms with Gasteiger partial charge in [-0.1, -0.05) is 18.2 Å². The van der Waals surface area contributed by atoms with Crippen LogP contribution in [-0.2, 0) is 0 Å². The van der Waals surface area contributed by atoms with Gasteiger partial charge in [0.2, 0.25) is 0 Å². The maximum absolute atomic E-state index is 5.61. The maximum Gasteiger partial charge on any atom is 0.191 e. The second-order valence-electron chi connectivity index (χ2n) is 4.71. The molecule has 1 heterocycles. The number of thiocarbonyl (C=S) groups is 1. The average molecular weight is 287 g/mol. The zero-order chi connectivity index (χ0) is 14.9.